The van der Waals surface area contributed by atoms with Crippen LogP contribution in [0.5, 0.6) is 0 Å². The number of unbranched alkanes of at least 4 members (excludes halogenated alkanes) is 1. The summed E-state index contributed by atoms with van der Waals surface area (Å²) in [6.45, 7) is 2.85. The molecule has 98 valence electrons. The molecule has 0 N–H and O–H groups in total. The molecule has 0 fully saturated rings. The maximum Gasteiger partial charge on any atom is 0.222 e. The van der Waals surface area contributed by atoms with Crippen LogP contribution in [0.2, 0.25) is 0 Å². The highest BCUT2D eigenvalue weighted by Gasteiger charge is 2.12. The summed E-state index contributed by atoms with van der Waals surface area (Å²) < 4.78 is 0. The van der Waals surface area contributed by atoms with E-state index in [1.54, 1.807) is 30.3 Å². The predicted octanol–water partition coefficient (Wildman–Crippen LogP) is 2.30. The molecule has 0 aliphatic carbocycles. The second-order valence-corrected chi connectivity index (χ2v) is 4.33. The Morgan fingerprint density at radius 3 is 2.72 bits per heavy atom. The lowest BCUT2D eigenvalue weighted by molar-refractivity contribution is -0.129. The highest BCUT2D eigenvalue weighted by molar-refractivity contribution is 5.97. The minimum absolute atomic E-state index is 0.0275. The Balaban J connectivity index is 2.36. The molecule has 0 aliphatic rings. The van der Waals surface area contributed by atoms with Crippen LogP contribution in [0.15, 0.2) is 24.5 Å². The fourth-order valence-electron chi connectivity index (χ4n) is 1.60. The number of carbonyl (C=O) groups is 2. The van der Waals surface area contributed by atoms with Crippen molar-refractivity contribution in [3.8, 4) is 0 Å². The first-order valence-electron chi connectivity index (χ1n) is 6.32. The van der Waals surface area contributed by atoms with Gasteiger partial charge in [0.2, 0.25) is 5.91 Å². The van der Waals surface area contributed by atoms with Crippen molar-refractivity contribution in [2.45, 2.75) is 32.6 Å². The van der Waals surface area contributed by atoms with E-state index in [0.717, 1.165) is 19.4 Å². The number of carbonyl (C=O) groups excluding carboxylic acids is 2. The number of hydrogen-bond donors (Lipinski definition) is 0. The average molecular weight is 248 g/mol. The molecule has 0 bridgehead atoms. The molecule has 4 nitrogen and oxygen atoms in total. The van der Waals surface area contributed by atoms with E-state index in [1.165, 1.54) is 6.20 Å². The van der Waals surface area contributed by atoms with Gasteiger partial charge in [-0.05, 0) is 18.6 Å². The first-order chi connectivity index (χ1) is 8.65. The Labute approximate surface area is 108 Å². The van der Waals surface area contributed by atoms with Crippen LogP contribution in [-0.2, 0) is 4.79 Å². The summed E-state index contributed by atoms with van der Waals surface area (Å²) in [5.41, 5.74) is 0.571. The summed E-state index contributed by atoms with van der Waals surface area (Å²) in [4.78, 5) is 29.1. The van der Waals surface area contributed by atoms with Gasteiger partial charge in [-0.3, -0.25) is 14.6 Å². The van der Waals surface area contributed by atoms with E-state index in [-0.39, 0.29) is 24.5 Å². The zero-order valence-corrected chi connectivity index (χ0v) is 11.1. The molecular formula is C14H20N2O2. The summed E-state index contributed by atoms with van der Waals surface area (Å²) in [5.74, 6) is 0.000955. The van der Waals surface area contributed by atoms with Crippen LogP contribution in [0.1, 0.15) is 43.0 Å². The molecule has 1 amide bonds. The SMILES string of the molecule is CCCCN(C)C(=O)CCC(=O)c1cccnc1. The highest BCUT2D eigenvalue weighted by Crippen LogP contribution is 2.05. The van der Waals surface area contributed by atoms with E-state index in [2.05, 4.69) is 11.9 Å². The van der Waals surface area contributed by atoms with Gasteiger partial charge in [0.25, 0.3) is 0 Å². The lowest BCUT2D eigenvalue weighted by Gasteiger charge is -2.16. The largest absolute Gasteiger partial charge is 0.346 e. The van der Waals surface area contributed by atoms with Gasteiger partial charge in [-0.1, -0.05) is 13.3 Å². The highest BCUT2D eigenvalue weighted by atomic mass is 16.2. The summed E-state index contributed by atoms with van der Waals surface area (Å²) in [7, 11) is 1.78. The normalized spacial score (nSPS) is 10.1. The van der Waals surface area contributed by atoms with Crippen molar-refractivity contribution in [2.75, 3.05) is 13.6 Å². The van der Waals surface area contributed by atoms with Crippen LogP contribution < -0.4 is 0 Å². The predicted molar refractivity (Wildman–Crippen MR) is 70.3 cm³/mol. The Morgan fingerprint density at radius 2 is 2.11 bits per heavy atom. The van der Waals surface area contributed by atoms with Crippen molar-refractivity contribution in [2.24, 2.45) is 0 Å². The number of ketones is 1. The summed E-state index contributed by atoms with van der Waals surface area (Å²) >= 11 is 0. The van der Waals surface area contributed by atoms with Crippen LogP contribution >= 0.6 is 0 Å². The van der Waals surface area contributed by atoms with Crippen LogP contribution in [0.25, 0.3) is 0 Å². The van der Waals surface area contributed by atoms with Crippen LogP contribution in [0.3, 0.4) is 0 Å². The molecular weight excluding hydrogens is 228 g/mol. The van der Waals surface area contributed by atoms with Crippen molar-refractivity contribution in [1.29, 1.82) is 0 Å². The third-order valence-corrected chi connectivity index (χ3v) is 2.82. The molecule has 0 saturated heterocycles. The number of hydrogen-bond acceptors (Lipinski definition) is 3. The molecule has 0 radical (unpaired) electrons. The van der Waals surface area contributed by atoms with E-state index in [9.17, 15) is 9.59 Å². The molecule has 0 spiro atoms. The van der Waals surface area contributed by atoms with E-state index in [1.807, 2.05) is 0 Å². The minimum Gasteiger partial charge on any atom is -0.346 e. The molecule has 0 aromatic carbocycles. The van der Waals surface area contributed by atoms with Gasteiger partial charge >= 0.3 is 0 Å². The fourth-order valence-corrected chi connectivity index (χ4v) is 1.60. The standard InChI is InChI=1S/C14H20N2O2/c1-3-4-10-16(2)14(18)8-7-13(17)12-6-5-9-15-11-12/h5-6,9,11H,3-4,7-8,10H2,1-2H3. The Kier molecular flexibility index (Phi) is 6.05. The van der Waals surface area contributed by atoms with Crippen molar-refractivity contribution in [3.63, 3.8) is 0 Å². The topological polar surface area (TPSA) is 50.3 Å². The van der Waals surface area contributed by atoms with Crippen LogP contribution in [-0.4, -0.2) is 35.2 Å². The van der Waals surface area contributed by atoms with Crippen LogP contribution in [0.4, 0.5) is 0 Å². The van der Waals surface area contributed by atoms with Gasteiger partial charge in [-0.25, -0.2) is 0 Å². The maximum atomic E-state index is 11.8. The van der Waals surface area contributed by atoms with Gasteiger partial charge in [-0.15, -0.1) is 0 Å². The third kappa shape index (κ3) is 4.65. The Morgan fingerprint density at radius 1 is 1.33 bits per heavy atom. The first-order valence-corrected chi connectivity index (χ1v) is 6.32. The third-order valence-electron chi connectivity index (χ3n) is 2.82. The van der Waals surface area contributed by atoms with Crippen molar-refractivity contribution in [1.82, 2.24) is 9.88 Å². The number of aromatic nitrogens is 1. The van der Waals surface area contributed by atoms with E-state index in [0.29, 0.717) is 5.56 Å². The van der Waals surface area contributed by atoms with Crippen molar-refractivity contribution >= 4 is 11.7 Å². The zero-order valence-electron chi connectivity index (χ0n) is 11.1. The van der Waals surface area contributed by atoms with E-state index < -0.39 is 0 Å². The molecule has 0 unspecified atom stereocenters. The number of Topliss-reactive ketones (excluding diaryl/α,β-unsaturated/α-hetero) is 1. The average Bonchev–Trinajstić information content (AvgIpc) is 2.42. The molecule has 0 aliphatic heterocycles. The molecule has 1 rings (SSSR count). The second-order valence-electron chi connectivity index (χ2n) is 4.33. The van der Waals surface area contributed by atoms with Gasteiger partial charge in [-0.2, -0.15) is 0 Å². The Bertz CT molecular complexity index is 390. The molecule has 1 heterocycles. The maximum absolute atomic E-state index is 11.8. The van der Waals surface area contributed by atoms with Gasteiger partial charge < -0.3 is 4.90 Å². The van der Waals surface area contributed by atoms with Crippen LogP contribution in [0, 0.1) is 0 Å². The fraction of sp³-hybridized carbons (Fsp3) is 0.500. The molecule has 0 saturated carbocycles. The number of amides is 1. The van der Waals surface area contributed by atoms with Crippen molar-refractivity contribution < 1.29 is 9.59 Å². The molecule has 1 aromatic heterocycles. The summed E-state index contributed by atoms with van der Waals surface area (Å²) in [6, 6.07) is 3.45. The quantitative estimate of drug-likeness (QED) is 0.696. The number of nitrogens with zero attached hydrogens (tertiary/aromatic N) is 2. The lowest BCUT2D eigenvalue weighted by Crippen LogP contribution is -2.27. The zero-order chi connectivity index (χ0) is 13.4. The molecule has 0 atom stereocenters. The lowest BCUT2D eigenvalue weighted by atomic mass is 10.1. The van der Waals surface area contributed by atoms with Gasteiger partial charge in [0, 0.05) is 44.4 Å². The van der Waals surface area contributed by atoms with Gasteiger partial charge in [0.05, 0.1) is 0 Å². The Hall–Kier alpha value is -1.71. The van der Waals surface area contributed by atoms with Gasteiger partial charge in [0.1, 0.15) is 0 Å². The van der Waals surface area contributed by atoms with Crippen molar-refractivity contribution in [3.05, 3.63) is 30.1 Å². The first kappa shape index (κ1) is 14.4. The second kappa shape index (κ2) is 7.58. The number of pyridine rings is 1. The van der Waals surface area contributed by atoms with E-state index >= 15 is 0 Å². The number of rotatable bonds is 7. The summed E-state index contributed by atoms with van der Waals surface area (Å²) in [6.07, 6.45) is 5.74. The monoisotopic (exact) mass is 248 g/mol. The molecule has 18 heavy (non-hydrogen) atoms. The molecule has 4 heteroatoms. The minimum atomic E-state index is -0.0275. The van der Waals surface area contributed by atoms with E-state index in [4.69, 9.17) is 0 Å². The smallest absolute Gasteiger partial charge is 0.222 e. The van der Waals surface area contributed by atoms with Gasteiger partial charge in [0.15, 0.2) is 5.78 Å². The molecule has 1 aromatic rings. The summed E-state index contributed by atoms with van der Waals surface area (Å²) in [5, 5.41) is 0.